The Labute approximate surface area is 78.8 Å². The van der Waals surface area contributed by atoms with Crippen LogP contribution in [0.3, 0.4) is 0 Å². The van der Waals surface area contributed by atoms with Gasteiger partial charge in [-0.15, -0.1) is 0 Å². The highest BCUT2D eigenvalue weighted by Gasteiger charge is 2.56. The van der Waals surface area contributed by atoms with Crippen molar-refractivity contribution in [1.29, 1.82) is 0 Å². The first-order chi connectivity index (χ1) is 5.89. The summed E-state index contributed by atoms with van der Waals surface area (Å²) in [4.78, 5) is 0. The molecule has 75 valence electrons. The zero-order valence-corrected chi connectivity index (χ0v) is 8.19. The van der Waals surface area contributed by atoms with Crippen molar-refractivity contribution in [2.75, 3.05) is 6.61 Å². The first kappa shape index (κ1) is 11.0. The maximum absolute atomic E-state index is 9.67. The van der Waals surface area contributed by atoms with Gasteiger partial charge in [-0.3, -0.25) is 0 Å². The molecule has 1 aliphatic heterocycles. The molecule has 0 saturated carbocycles. The highest BCUT2D eigenvalue weighted by Crippen LogP contribution is 2.37. The van der Waals surface area contributed by atoms with Crippen molar-refractivity contribution in [3.8, 4) is 0 Å². The van der Waals surface area contributed by atoms with E-state index in [1.807, 2.05) is 0 Å². The summed E-state index contributed by atoms with van der Waals surface area (Å²) in [6.45, 7) is 4.70. The number of ether oxygens (including phenoxy) is 1. The Morgan fingerprint density at radius 1 is 1.31 bits per heavy atom. The van der Waals surface area contributed by atoms with Crippen LogP contribution in [-0.2, 0) is 4.74 Å². The van der Waals surface area contributed by atoms with Crippen LogP contribution in [0, 0.1) is 0 Å². The Morgan fingerprint density at radius 2 is 1.85 bits per heavy atom. The molecule has 0 spiro atoms. The first-order valence-corrected chi connectivity index (χ1v) is 4.37. The summed E-state index contributed by atoms with van der Waals surface area (Å²) in [7, 11) is 1.68. The Balaban J connectivity index is 2.90. The fraction of sp³-hybridized carbons (Fsp3) is 1.00. The lowest BCUT2D eigenvalue weighted by Crippen LogP contribution is -2.45. The van der Waals surface area contributed by atoms with Crippen LogP contribution in [0.25, 0.3) is 0 Å². The second-order valence-corrected chi connectivity index (χ2v) is 3.94. The fourth-order valence-corrected chi connectivity index (χ4v) is 1.63. The highest BCUT2D eigenvalue weighted by atomic mass is 16.6. The summed E-state index contributed by atoms with van der Waals surface area (Å²) < 4.78 is 5.45. The van der Waals surface area contributed by atoms with Gasteiger partial charge in [-0.2, -0.15) is 0 Å². The predicted octanol–water partition coefficient (Wildman–Crippen LogP) is -1.04. The van der Waals surface area contributed by atoms with Crippen LogP contribution in [0.1, 0.15) is 13.8 Å². The lowest BCUT2D eigenvalue weighted by molar-refractivity contribution is -0.107. The van der Waals surface area contributed by atoms with Gasteiger partial charge in [0.05, 0.1) is 12.1 Å². The van der Waals surface area contributed by atoms with E-state index in [0.29, 0.717) is 0 Å². The van der Waals surface area contributed by atoms with E-state index < -0.39 is 23.3 Å². The second kappa shape index (κ2) is 3.24. The summed E-state index contributed by atoms with van der Waals surface area (Å²) in [5.41, 5.74) is -1.95. The maximum atomic E-state index is 9.67. The zero-order valence-electron chi connectivity index (χ0n) is 8.19. The first-order valence-electron chi connectivity index (χ1n) is 4.37. The second-order valence-electron chi connectivity index (χ2n) is 3.94. The molecule has 1 aliphatic rings. The van der Waals surface area contributed by atoms with Crippen molar-refractivity contribution in [3.63, 3.8) is 0 Å². The number of hydrogen-bond acceptors (Lipinski definition) is 4. The molecular formula is C8H16BO4. The number of rotatable bonds is 2. The average Bonchev–Trinajstić information content (AvgIpc) is 2.30. The number of aliphatic hydroxyl groups excluding tert-OH is 3. The molecule has 4 atom stereocenters. The summed E-state index contributed by atoms with van der Waals surface area (Å²) >= 11 is 0. The maximum Gasteiger partial charge on any atom is 0.153 e. The molecular weight excluding hydrogens is 171 g/mol. The molecule has 13 heavy (non-hydrogen) atoms. The van der Waals surface area contributed by atoms with Gasteiger partial charge >= 0.3 is 0 Å². The average molecular weight is 187 g/mol. The van der Waals surface area contributed by atoms with Gasteiger partial charge in [-0.05, 0) is 13.8 Å². The minimum Gasteiger partial charge on any atom is -0.393 e. The Morgan fingerprint density at radius 3 is 2.08 bits per heavy atom. The third kappa shape index (κ3) is 1.50. The quantitative estimate of drug-likeness (QED) is 0.483. The van der Waals surface area contributed by atoms with Crippen LogP contribution in [0.4, 0.5) is 0 Å². The topological polar surface area (TPSA) is 69.9 Å². The lowest BCUT2D eigenvalue weighted by Gasteiger charge is -2.28. The largest absolute Gasteiger partial charge is 0.393 e. The van der Waals surface area contributed by atoms with Crippen LogP contribution < -0.4 is 0 Å². The van der Waals surface area contributed by atoms with Gasteiger partial charge in [0.15, 0.2) is 7.28 Å². The normalized spacial score (nSPS) is 50.9. The molecule has 1 rings (SSSR count). The Hall–Kier alpha value is -0.0951. The molecule has 0 aromatic rings. The monoisotopic (exact) mass is 187 g/mol. The summed E-state index contributed by atoms with van der Waals surface area (Å²) in [6.07, 6.45) is -2.05. The van der Waals surface area contributed by atoms with Gasteiger partial charge in [0.25, 0.3) is 0 Å². The third-order valence-electron chi connectivity index (χ3n) is 2.85. The Kier molecular flexibility index (Phi) is 2.74. The van der Waals surface area contributed by atoms with E-state index in [-0.39, 0.29) is 6.61 Å². The molecule has 0 aromatic heterocycles. The Bertz CT molecular complexity index is 181. The third-order valence-corrected chi connectivity index (χ3v) is 2.85. The molecule has 1 fully saturated rings. The lowest BCUT2D eigenvalue weighted by atomic mass is 9.61. The molecule has 1 radical (unpaired) electrons. The van der Waals surface area contributed by atoms with Crippen molar-refractivity contribution in [2.45, 2.75) is 44.0 Å². The fourth-order valence-electron chi connectivity index (χ4n) is 1.63. The smallest absolute Gasteiger partial charge is 0.153 e. The van der Waals surface area contributed by atoms with E-state index in [4.69, 9.17) is 9.84 Å². The van der Waals surface area contributed by atoms with E-state index in [2.05, 4.69) is 0 Å². The van der Waals surface area contributed by atoms with E-state index in [0.717, 1.165) is 0 Å². The van der Waals surface area contributed by atoms with Crippen molar-refractivity contribution < 1.29 is 20.1 Å². The molecule has 0 aliphatic carbocycles. The molecule has 3 N–H and O–H groups in total. The summed E-state index contributed by atoms with van der Waals surface area (Å²) in [5, 5.41) is 28.3. The van der Waals surface area contributed by atoms with Gasteiger partial charge in [-0.25, -0.2) is 0 Å². The summed E-state index contributed by atoms with van der Waals surface area (Å²) in [6, 6.07) is 0. The molecule has 1 heterocycles. The predicted molar refractivity (Wildman–Crippen MR) is 48.6 cm³/mol. The van der Waals surface area contributed by atoms with Gasteiger partial charge in [0, 0.05) is 0 Å². The SMILES string of the molecule is C[B]C1(C)OC(C)(CO)C(O)C1O. The zero-order chi connectivity index (χ0) is 10.3. The van der Waals surface area contributed by atoms with Crippen LogP contribution >= 0.6 is 0 Å². The molecule has 0 bridgehead atoms. The molecule has 5 heteroatoms. The standard InChI is InChI=1S/C8H16BO4/c1-7(4-10)5(11)6(12)8(2,9-3)13-7/h5-6,10-12H,4H2,1-3H3. The van der Waals surface area contributed by atoms with Gasteiger partial charge in [0.1, 0.15) is 17.8 Å². The molecule has 4 unspecified atom stereocenters. The van der Waals surface area contributed by atoms with E-state index >= 15 is 0 Å². The van der Waals surface area contributed by atoms with E-state index in [1.54, 1.807) is 28.0 Å². The van der Waals surface area contributed by atoms with Gasteiger partial charge in [-0.1, -0.05) is 6.82 Å². The summed E-state index contributed by atoms with van der Waals surface area (Å²) in [5.74, 6) is 0. The van der Waals surface area contributed by atoms with Crippen LogP contribution in [-0.4, -0.2) is 52.5 Å². The van der Waals surface area contributed by atoms with Crippen molar-refractivity contribution >= 4 is 7.28 Å². The minimum atomic E-state index is -1.07. The van der Waals surface area contributed by atoms with Crippen molar-refractivity contribution in [3.05, 3.63) is 0 Å². The van der Waals surface area contributed by atoms with Gasteiger partial charge < -0.3 is 20.1 Å². The number of hydrogen-bond donors (Lipinski definition) is 3. The van der Waals surface area contributed by atoms with Gasteiger partial charge in [0.2, 0.25) is 0 Å². The van der Waals surface area contributed by atoms with Crippen LogP contribution in [0.15, 0.2) is 0 Å². The number of aliphatic hydroxyl groups is 3. The molecule has 4 nitrogen and oxygen atoms in total. The van der Waals surface area contributed by atoms with Crippen LogP contribution in [0.5, 0.6) is 0 Å². The van der Waals surface area contributed by atoms with Crippen molar-refractivity contribution in [2.24, 2.45) is 0 Å². The van der Waals surface area contributed by atoms with Crippen LogP contribution in [0.2, 0.25) is 6.82 Å². The molecule has 1 saturated heterocycles. The van der Waals surface area contributed by atoms with E-state index in [1.165, 1.54) is 0 Å². The molecule has 0 amide bonds. The van der Waals surface area contributed by atoms with Crippen molar-refractivity contribution in [1.82, 2.24) is 0 Å². The minimum absolute atomic E-state index is 0.311. The molecule has 0 aromatic carbocycles. The highest BCUT2D eigenvalue weighted by molar-refractivity contribution is 6.38. The van der Waals surface area contributed by atoms with E-state index in [9.17, 15) is 10.2 Å².